The molecule has 0 aliphatic rings. The number of hydrogen-bond acceptors (Lipinski definition) is 6. The lowest BCUT2D eigenvalue weighted by Gasteiger charge is -2.25. The van der Waals surface area contributed by atoms with Gasteiger partial charge in [0.2, 0.25) is 0 Å². The van der Waals surface area contributed by atoms with Gasteiger partial charge in [0, 0.05) is 13.1 Å². The number of para-hydroxylation sites is 2. The number of rotatable bonds is 10. The van der Waals surface area contributed by atoms with Gasteiger partial charge in [0.15, 0.2) is 5.13 Å². The Kier molecular flexibility index (Phi) is 8.00. The number of aryl methyl sites for hydroxylation is 1. The molecule has 4 rings (SSSR count). The zero-order chi connectivity index (χ0) is 24.8. The number of thiazole rings is 1. The van der Waals surface area contributed by atoms with Crippen molar-refractivity contribution in [3.8, 4) is 17.2 Å². The largest absolute Gasteiger partial charge is 0.494 e. The van der Waals surface area contributed by atoms with E-state index in [-0.39, 0.29) is 5.91 Å². The van der Waals surface area contributed by atoms with Crippen LogP contribution in [0.25, 0.3) is 10.2 Å². The molecule has 4 aromatic rings. The van der Waals surface area contributed by atoms with Crippen LogP contribution < -0.4 is 14.4 Å². The summed E-state index contributed by atoms with van der Waals surface area (Å²) in [5.74, 6) is 1.77. The molecule has 0 aliphatic heterocycles. The first-order chi connectivity index (χ1) is 17.0. The van der Waals surface area contributed by atoms with Crippen LogP contribution in [0.1, 0.15) is 29.8 Å². The van der Waals surface area contributed by atoms with Crippen LogP contribution in [0.3, 0.4) is 0 Å². The number of likely N-dealkylation sites (N-methyl/N-ethyl adjacent to an activating group) is 1. The lowest BCUT2D eigenvalue weighted by Crippen LogP contribution is -2.39. The maximum atomic E-state index is 14.0. The van der Waals surface area contributed by atoms with Gasteiger partial charge in [-0.1, -0.05) is 61.6 Å². The first-order valence-electron chi connectivity index (χ1n) is 11.9. The van der Waals surface area contributed by atoms with Gasteiger partial charge >= 0.3 is 0 Å². The van der Waals surface area contributed by atoms with E-state index < -0.39 is 0 Å². The van der Waals surface area contributed by atoms with E-state index in [0.29, 0.717) is 34.5 Å². The van der Waals surface area contributed by atoms with Gasteiger partial charge in [-0.2, -0.15) is 0 Å². The van der Waals surface area contributed by atoms with E-state index >= 15 is 0 Å². The number of methoxy groups -OCH3 is 1. The number of aromatic nitrogens is 1. The second-order valence-corrected chi connectivity index (χ2v) is 9.13. The van der Waals surface area contributed by atoms with Crippen LogP contribution >= 0.6 is 11.3 Å². The van der Waals surface area contributed by atoms with E-state index in [4.69, 9.17) is 14.5 Å². The molecule has 0 N–H and O–H groups in total. The Morgan fingerprint density at radius 2 is 1.63 bits per heavy atom. The van der Waals surface area contributed by atoms with E-state index in [9.17, 15) is 4.79 Å². The molecule has 3 aromatic carbocycles. The first kappa shape index (κ1) is 24.7. The Morgan fingerprint density at radius 3 is 2.34 bits per heavy atom. The summed E-state index contributed by atoms with van der Waals surface area (Å²) in [4.78, 5) is 23.0. The molecule has 1 aromatic heterocycles. The number of amides is 1. The molecule has 7 heteroatoms. The highest BCUT2D eigenvalue weighted by Gasteiger charge is 2.25. The van der Waals surface area contributed by atoms with Crippen LogP contribution in [0, 0.1) is 6.92 Å². The number of carbonyl (C=O) groups excluding carboxylic acids is 1. The third-order valence-electron chi connectivity index (χ3n) is 6.01. The predicted molar refractivity (Wildman–Crippen MR) is 143 cm³/mol. The average Bonchev–Trinajstić information content (AvgIpc) is 3.34. The molecular weight excluding hydrogens is 458 g/mol. The number of ether oxygens (including phenoxy) is 2. The number of carbonyl (C=O) groups is 1. The van der Waals surface area contributed by atoms with Crippen molar-refractivity contribution in [2.75, 3.05) is 38.2 Å². The van der Waals surface area contributed by atoms with Crippen LogP contribution in [-0.4, -0.2) is 49.1 Å². The Morgan fingerprint density at radius 1 is 0.914 bits per heavy atom. The molecule has 0 unspecified atom stereocenters. The predicted octanol–water partition coefficient (Wildman–Crippen LogP) is 6.39. The van der Waals surface area contributed by atoms with Crippen molar-refractivity contribution >= 4 is 32.6 Å². The molecular formula is C28H31N3O3S. The summed E-state index contributed by atoms with van der Waals surface area (Å²) >= 11 is 1.52. The van der Waals surface area contributed by atoms with Crippen LogP contribution in [0.4, 0.5) is 5.13 Å². The summed E-state index contributed by atoms with van der Waals surface area (Å²) < 4.78 is 12.7. The Bertz CT molecular complexity index is 1290. The molecule has 0 saturated carbocycles. The van der Waals surface area contributed by atoms with E-state index in [2.05, 4.69) is 25.7 Å². The summed E-state index contributed by atoms with van der Waals surface area (Å²) in [5, 5.41) is 0.652. The van der Waals surface area contributed by atoms with Gasteiger partial charge in [-0.05, 0) is 55.9 Å². The van der Waals surface area contributed by atoms with Crippen molar-refractivity contribution in [2.24, 2.45) is 0 Å². The van der Waals surface area contributed by atoms with Gasteiger partial charge in [-0.25, -0.2) is 4.98 Å². The van der Waals surface area contributed by atoms with Crippen molar-refractivity contribution < 1.29 is 14.3 Å². The highest BCUT2D eigenvalue weighted by Crippen LogP contribution is 2.37. The molecule has 182 valence electrons. The van der Waals surface area contributed by atoms with E-state index in [0.717, 1.165) is 35.4 Å². The molecule has 0 aliphatic carbocycles. The number of benzene rings is 3. The van der Waals surface area contributed by atoms with Crippen LogP contribution in [0.5, 0.6) is 17.2 Å². The monoisotopic (exact) mass is 489 g/mol. The molecule has 0 radical (unpaired) electrons. The highest BCUT2D eigenvalue weighted by atomic mass is 32.1. The van der Waals surface area contributed by atoms with E-state index in [1.54, 1.807) is 12.0 Å². The second-order valence-electron chi connectivity index (χ2n) is 8.15. The van der Waals surface area contributed by atoms with E-state index in [1.165, 1.54) is 11.3 Å². The van der Waals surface area contributed by atoms with Crippen LogP contribution in [0.2, 0.25) is 0 Å². The fraction of sp³-hybridized carbons (Fsp3) is 0.286. The van der Waals surface area contributed by atoms with Gasteiger partial charge < -0.3 is 14.4 Å². The van der Waals surface area contributed by atoms with Crippen molar-refractivity contribution in [1.29, 1.82) is 0 Å². The summed E-state index contributed by atoms with van der Waals surface area (Å²) in [6, 6.07) is 20.8. The Hall–Kier alpha value is -3.42. The minimum Gasteiger partial charge on any atom is -0.494 e. The summed E-state index contributed by atoms with van der Waals surface area (Å²) in [7, 11) is 1.64. The molecule has 0 spiro atoms. The van der Waals surface area contributed by atoms with Gasteiger partial charge in [-0.15, -0.1) is 0 Å². The average molecular weight is 490 g/mol. The molecule has 1 amide bonds. The van der Waals surface area contributed by atoms with Crippen LogP contribution in [-0.2, 0) is 0 Å². The van der Waals surface area contributed by atoms with Gasteiger partial charge in [0.1, 0.15) is 22.8 Å². The van der Waals surface area contributed by atoms with Gasteiger partial charge in [0.05, 0.1) is 17.4 Å². The van der Waals surface area contributed by atoms with Crippen molar-refractivity contribution in [2.45, 2.75) is 20.8 Å². The minimum absolute atomic E-state index is 0.139. The number of anilines is 1. The number of hydrogen-bond donors (Lipinski definition) is 0. The lowest BCUT2D eigenvalue weighted by molar-refractivity contribution is 0.0981. The van der Waals surface area contributed by atoms with Crippen molar-refractivity contribution in [1.82, 2.24) is 9.88 Å². The minimum atomic E-state index is -0.139. The van der Waals surface area contributed by atoms with Gasteiger partial charge in [0.25, 0.3) is 5.91 Å². The number of fused-ring (bicyclic) bond motifs is 1. The topological polar surface area (TPSA) is 54.9 Å². The van der Waals surface area contributed by atoms with Crippen molar-refractivity contribution in [3.63, 3.8) is 0 Å². The summed E-state index contributed by atoms with van der Waals surface area (Å²) in [6.07, 6.45) is 0. The third kappa shape index (κ3) is 5.47. The lowest BCUT2D eigenvalue weighted by atomic mass is 10.1. The molecule has 35 heavy (non-hydrogen) atoms. The molecule has 0 saturated heterocycles. The van der Waals surface area contributed by atoms with Crippen molar-refractivity contribution in [3.05, 3.63) is 77.9 Å². The Balaban J connectivity index is 1.75. The molecule has 0 atom stereocenters. The summed E-state index contributed by atoms with van der Waals surface area (Å²) in [6.45, 7) is 9.40. The fourth-order valence-corrected chi connectivity index (χ4v) is 5.01. The summed E-state index contributed by atoms with van der Waals surface area (Å²) in [5.41, 5.74) is 2.38. The number of nitrogens with zero attached hydrogens (tertiary/aromatic N) is 3. The quantitative estimate of drug-likeness (QED) is 0.258. The molecule has 0 bridgehead atoms. The first-order valence-corrected chi connectivity index (χ1v) is 12.7. The zero-order valence-electron chi connectivity index (χ0n) is 20.7. The normalized spacial score (nSPS) is 11.1. The third-order valence-corrected chi connectivity index (χ3v) is 7.22. The molecule has 6 nitrogen and oxygen atoms in total. The molecule has 0 fully saturated rings. The zero-order valence-corrected chi connectivity index (χ0v) is 21.5. The van der Waals surface area contributed by atoms with Gasteiger partial charge in [-0.3, -0.25) is 9.69 Å². The maximum Gasteiger partial charge on any atom is 0.263 e. The van der Waals surface area contributed by atoms with Crippen LogP contribution in [0.15, 0.2) is 66.7 Å². The fourth-order valence-electron chi connectivity index (χ4n) is 3.94. The van der Waals surface area contributed by atoms with E-state index in [1.807, 2.05) is 66.7 Å². The smallest absolute Gasteiger partial charge is 0.263 e. The Labute approximate surface area is 210 Å². The second kappa shape index (κ2) is 11.3. The SMILES string of the molecule is CCN(CC)CCN(C(=O)c1ccccc1Oc1ccccc1)c1nc2c(OC)ccc(C)c2s1. The highest BCUT2D eigenvalue weighted by molar-refractivity contribution is 7.22. The maximum absolute atomic E-state index is 14.0. The standard InChI is InChI=1S/C28H31N3O3S/c1-5-30(6-2)18-19-31(28-29-25-24(33-4)17-16-20(3)26(25)35-28)27(32)22-14-10-11-15-23(22)34-21-12-8-7-9-13-21/h7-17H,5-6,18-19H2,1-4H3. The molecule has 1 heterocycles.